The first-order valence-corrected chi connectivity index (χ1v) is 7.80. The van der Waals surface area contributed by atoms with Crippen LogP contribution in [0.2, 0.25) is 0 Å². The van der Waals surface area contributed by atoms with Crippen molar-refractivity contribution in [3.8, 4) is 0 Å². The van der Waals surface area contributed by atoms with Gasteiger partial charge in [-0.1, -0.05) is 30.4 Å². The zero-order valence-corrected chi connectivity index (χ0v) is 12.8. The Kier molecular flexibility index (Phi) is 4.66. The number of allylic oxidation sites excluding steroid dienone is 2. The Hall–Kier alpha value is -2.69. The van der Waals surface area contributed by atoms with Crippen molar-refractivity contribution in [3.05, 3.63) is 48.7 Å². The number of hydrogen-bond donors (Lipinski definition) is 2. The van der Waals surface area contributed by atoms with Gasteiger partial charge in [0.05, 0.1) is 17.7 Å². The van der Waals surface area contributed by atoms with E-state index in [9.17, 15) is 9.59 Å². The van der Waals surface area contributed by atoms with E-state index in [1.54, 1.807) is 12.3 Å². The van der Waals surface area contributed by atoms with Gasteiger partial charge in [0, 0.05) is 17.5 Å². The van der Waals surface area contributed by atoms with Crippen molar-refractivity contribution < 1.29 is 9.59 Å². The van der Waals surface area contributed by atoms with Gasteiger partial charge >= 0.3 is 0 Å². The van der Waals surface area contributed by atoms with E-state index in [4.69, 9.17) is 0 Å². The lowest BCUT2D eigenvalue weighted by Crippen LogP contribution is -2.37. The minimum atomic E-state index is -0.247. The molecule has 118 valence electrons. The molecular weight excluding hydrogens is 290 g/mol. The largest absolute Gasteiger partial charge is 0.347 e. The summed E-state index contributed by atoms with van der Waals surface area (Å²) in [5.74, 6) is -0.324. The average molecular weight is 309 g/mol. The van der Waals surface area contributed by atoms with Gasteiger partial charge in [0.25, 0.3) is 0 Å². The molecular formula is C18H19N3O2. The standard InChI is InChI=1S/C18H19N3O2/c22-16(12-20-18(23)14-6-2-1-3-7-14)21-15-10-4-8-13-9-5-11-19-17(13)15/h1-2,4-5,8-11,14H,3,6-7,12H2,(H,20,23)(H,21,22). The van der Waals surface area contributed by atoms with Crippen LogP contribution in [-0.2, 0) is 9.59 Å². The quantitative estimate of drug-likeness (QED) is 0.853. The van der Waals surface area contributed by atoms with Gasteiger partial charge in [-0.15, -0.1) is 0 Å². The van der Waals surface area contributed by atoms with Gasteiger partial charge in [-0.05, 0) is 31.4 Å². The Morgan fingerprint density at radius 2 is 2.04 bits per heavy atom. The number of amides is 2. The number of carbonyl (C=O) groups excluding carboxylic acids is 2. The molecule has 2 amide bonds. The molecule has 1 aromatic heterocycles. The maximum absolute atomic E-state index is 12.1. The summed E-state index contributed by atoms with van der Waals surface area (Å²) in [6.07, 6.45) is 8.32. The number of hydrogen-bond acceptors (Lipinski definition) is 3. The first-order chi connectivity index (χ1) is 11.2. The third-order valence-corrected chi connectivity index (χ3v) is 3.97. The summed E-state index contributed by atoms with van der Waals surface area (Å²) in [4.78, 5) is 28.4. The van der Waals surface area contributed by atoms with Crippen molar-refractivity contribution in [3.63, 3.8) is 0 Å². The molecule has 1 unspecified atom stereocenters. The smallest absolute Gasteiger partial charge is 0.243 e. The number of benzene rings is 1. The Morgan fingerprint density at radius 3 is 2.87 bits per heavy atom. The number of nitrogens with zero attached hydrogens (tertiary/aromatic N) is 1. The molecule has 0 bridgehead atoms. The Morgan fingerprint density at radius 1 is 1.17 bits per heavy atom. The molecule has 0 fully saturated rings. The molecule has 0 saturated carbocycles. The zero-order chi connectivity index (χ0) is 16.1. The molecule has 23 heavy (non-hydrogen) atoms. The maximum Gasteiger partial charge on any atom is 0.243 e. The highest BCUT2D eigenvalue weighted by molar-refractivity contribution is 6.01. The predicted molar refractivity (Wildman–Crippen MR) is 89.9 cm³/mol. The van der Waals surface area contributed by atoms with Gasteiger partial charge in [0.1, 0.15) is 0 Å². The molecule has 1 atom stereocenters. The number of fused-ring (bicyclic) bond motifs is 1. The SMILES string of the molecule is O=C(CNC(=O)C1CC=CCC1)Nc1cccc2cccnc12. The number of anilines is 1. The topological polar surface area (TPSA) is 71.1 Å². The molecule has 0 saturated heterocycles. The number of aromatic nitrogens is 1. The van der Waals surface area contributed by atoms with Crippen LogP contribution in [0.15, 0.2) is 48.7 Å². The number of carbonyl (C=O) groups is 2. The van der Waals surface area contributed by atoms with Gasteiger partial charge in [-0.3, -0.25) is 14.6 Å². The van der Waals surface area contributed by atoms with E-state index in [1.165, 1.54) is 0 Å². The Bertz CT molecular complexity index is 750. The van der Waals surface area contributed by atoms with Gasteiger partial charge in [-0.2, -0.15) is 0 Å². The second kappa shape index (κ2) is 7.05. The van der Waals surface area contributed by atoms with Crippen LogP contribution in [0.3, 0.4) is 0 Å². The molecule has 5 nitrogen and oxygen atoms in total. The Balaban J connectivity index is 1.58. The molecule has 3 rings (SSSR count). The molecule has 0 radical (unpaired) electrons. The summed E-state index contributed by atoms with van der Waals surface area (Å²) in [5, 5.41) is 6.49. The first kappa shape index (κ1) is 15.2. The molecule has 1 aliphatic carbocycles. The minimum Gasteiger partial charge on any atom is -0.347 e. The molecule has 1 aromatic carbocycles. The van der Waals surface area contributed by atoms with Crippen molar-refractivity contribution in [1.29, 1.82) is 0 Å². The number of para-hydroxylation sites is 1. The molecule has 0 aliphatic heterocycles. The number of nitrogens with one attached hydrogen (secondary N) is 2. The third-order valence-electron chi connectivity index (χ3n) is 3.97. The first-order valence-electron chi connectivity index (χ1n) is 7.80. The van der Waals surface area contributed by atoms with Crippen LogP contribution in [0.25, 0.3) is 10.9 Å². The summed E-state index contributed by atoms with van der Waals surface area (Å²) >= 11 is 0. The van der Waals surface area contributed by atoms with E-state index in [0.717, 1.165) is 30.2 Å². The normalized spacial score (nSPS) is 17.0. The summed E-state index contributed by atoms with van der Waals surface area (Å²) in [6.45, 7) is -0.0255. The number of pyridine rings is 1. The van der Waals surface area contributed by atoms with E-state index < -0.39 is 0 Å². The van der Waals surface area contributed by atoms with Crippen molar-refractivity contribution in [2.45, 2.75) is 19.3 Å². The van der Waals surface area contributed by atoms with Crippen LogP contribution in [0.4, 0.5) is 5.69 Å². The maximum atomic E-state index is 12.1. The molecule has 2 aromatic rings. The van der Waals surface area contributed by atoms with Crippen molar-refractivity contribution in [1.82, 2.24) is 10.3 Å². The van der Waals surface area contributed by atoms with E-state index in [2.05, 4.69) is 21.7 Å². The van der Waals surface area contributed by atoms with Gasteiger partial charge in [-0.25, -0.2) is 0 Å². The lowest BCUT2D eigenvalue weighted by atomic mass is 9.94. The van der Waals surface area contributed by atoms with Crippen LogP contribution in [0.1, 0.15) is 19.3 Å². The fourth-order valence-corrected chi connectivity index (χ4v) is 2.74. The summed E-state index contributed by atoms with van der Waals surface area (Å²) in [7, 11) is 0. The third kappa shape index (κ3) is 3.74. The zero-order valence-electron chi connectivity index (χ0n) is 12.8. The predicted octanol–water partition coefficient (Wildman–Crippen LogP) is 2.65. The fraction of sp³-hybridized carbons (Fsp3) is 0.278. The minimum absolute atomic E-state index is 0.0213. The monoisotopic (exact) mass is 309 g/mol. The molecule has 0 spiro atoms. The lowest BCUT2D eigenvalue weighted by molar-refractivity contribution is -0.127. The Labute approximate surface area is 134 Å². The van der Waals surface area contributed by atoms with Gasteiger partial charge in [0.15, 0.2) is 0 Å². The summed E-state index contributed by atoms with van der Waals surface area (Å²) in [5.41, 5.74) is 1.40. The molecule has 1 heterocycles. The average Bonchev–Trinajstić information content (AvgIpc) is 2.61. The van der Waals surface area contributed by atoms with Crippen LogP contribution in [0.5, 0.6) is 0 Å². The van der Waals surface area contributed by atoms with Crippen molar-refractivity contribution >= 4 is 28.4 Å². The van der Waals surface area contributed by atoms with Crippen LogP contribution in [-0.4, -0.2) is 23.3 Å². The fourth-order valence-electron chi connectivity index (χ4n) is 2.74. The highest BCUT2D eigenvalue weighted by Crippen LogP contribution is 2.20. The summed E-state index contributed by atoms with van der Waals surface area (Å²) < 4.78 is 0. The molecule has 1 aliphatic rings. The van der Waals surface area contributed by atoms with E-state index >= 15 is 0 Å². The summed E-state index contributed by atoms with van der Waals surface area (Å²) in [6, 6.07) is 9.41. The highest BCUT2D eigenvalue weighted by Gasteiger charge is 2.19. The number of rotatable bonds is 4. The van der Waals surface area contributed by atoms with E-state index in [1.807, 2.05) is 30.3 Å². The second-order valence-electron chi connectivity index (χ2n) is 5.63. The lowest BCUT2D eigenvalue weighted by Gasteiger charge is -2.17. The van der Waals surface area contributed by atoms with Crippen LogP contribution < -0.4 is 10.6 Å². The molecule has 2 N–H and O–H groups in total. The van der Waals surface area contributed by atoms with E-state index in [-0.39, 0.29) is 24.3 Å². The van der Waals surface area contributed by atoms with Crippen molar-refractivity contribution in [2.24, 2.45) is 5.92 Å². The van der Waals surface area contributed by atoms with Crippen LogP contribution >= 0.6 is 0 Å². The second-order valence-corrected chi connectivity index (χ2v) is 5.63. The van der Waals surface area contributed by atoms with Gasteiger partial charge in [0.2, 0.25) is 11.8 Å². The highest BCUT2D eigenvalue weighted by atomic mass is 16.2. The van der Waals surface area contributed by atoms with Crippen molar-refractivity contribution in [2.75, 3.05) is 11.9 Å². The van der Waals surface area contributed by atoms with Crippen LogP contribution in [0, 0.1) is 5.92 Å². The van der Waals surface area contributed by atoms with Gasteiger partial charge < -0.3 is 10.6 Å². The molecule has 5 heteroatoms. The van der Waals surface area contributed by atoms with E-state index in [0.29, 0.717) is 5.69 Å².